The highest BCUT2D eigenvalue weighted by atomic mass is 35.5. The van der Waals surface area contributed by atoms with E-state index in [0.29, 0.717) is 16.6 Å². The van der Waals surface area contributed by atoms with Crippen LogP contribution in [0.4, 0.5) is 0 Å². The molecule has 128 valence electrons. The topological polar surface area (TPSA) is 63.1 Å². The third kappa shape index (κ3) is 4.84. The van der Waals surface area contributed by atoms with E-state index in [-0.39, 0.29) is 11.2 Å². The lowest BCUT2D eigenvalue weighted by molar-refractivity contribution is -0.118. The highest BCUT2D eigenvalue weighted by molar-refractivity contribution is 8.15. The van der Waals surface area contributed by atoms with Crippen molar-refractivity contribution in [3.8, 4) is 5.75 Å². The predicted octanol–water partition coefficient (Wildman–Crippen LogP) is 3.51. The van der Waals surface area contributed by atoms with Gasteiger partial charge in [-0.25, -0.2) is 0 Å². The molecule has 25 heavy (non-hydrogen) atoms. The number of nitrogens with zero attached hydrogens (tertiary/aromatic N) is 2. The number of benzene rings is 2. The van der Waals surface area contributed by atoms with E-state index in [1.807, 2.05) is 48.5 Å². The first-order valence-corrected chi connectivity index (χ1v) is 8.87. The van der Waals surface area contributed by atoms with Crippen molar-refractivity contribution in [3.63, 3.8) is 0 Å². The van der Waals surface area contributed by atoms with Crippen LogP contribution in [-0.4, -0.2) is 29.6 Å². The Balaban J connectivity index is 1.60. The molecule has 1 heterocycles. The summed E-state index contributed by atoms with van der Waals surface area (Å²) in [6.07, 6.45) is 2.25. The largest absolute Gasteiger partial charge is 0.497 e. The Hall–Kier alpha value is -2.31. The molecule has 0 saturated carbocycles. The van der Waals surface area contributed by atoms with Crippen LogP contribution in [-0.2, 0) is 11.2 Å². The van der Waals surface area contributed by atoms with Gasteiger partial charge in [0.05, 0.1) is 18.6 Å². The maximum Gasteiger partial charge on any atom is 0.239 e. The molecule has 2 aromatic rings. The number of nitrogens with one attached hydrogen (secondary N) is 1. The maximum atomic E-state index is 12.1. The van der Waals surface area contributed by atoms with E-state index in [0.717, 1.165) is 16.9 Å². The van der Waals surface area contributed by atoms with E-state index in [1.165, 1.54) is 11.8 Å². The fraction of sp³-hybridized carbons (Fsp3) is 0.167. The molecule has 1 aliphatic rings. The van der Waals surface area contributed by atoms with Crippen molar-refractivity contribution in [2.45, 2.75) is 11.7 Å². The Bertz CT molecular complexity index is 804. The summed E-state index contributed by atoms with van der Waals surface area (Å²) in [5.41, 5.74) is 1.96. The van der Waals surface area contributed by atoms with Crippen LogP contribution in [0.5, 0.6) is 5.75 Å². The van der Waals surface area contributed by atoms with Gasteiger partial charge in [-0.3, -0.25) is 4.79 Å². The van der Waals surface area contributed by atoms with Gasteiger partial charge in [-0.15, -0.1) is 5.10 Å². The van der Waals surface area contributed by atoms with Crippen molar-refractivity contribution in [3.05, 3.63) is 64.7 Å². The fourth-order valence-corrected chi connectivity index (χ4v) is 3.35. The third-order valence-corrected chi connectivity index (χ3v) is 4.91. The second-order valence-corrected chi connectivity index (χ2v) is 6.98. The number of thioether (sulfide) groups is 1. The molecule has 0 spiro atoms. The molecule has 1 fully saturated rings. The van der Waals surface area contributed by atoms with Crippen molar-refractivity contribution in [1.29, 1.82) is 0 Å². The second-order valence-electron chi connectivity index (χ2n) is 5.35. The van der Waals surface area contributed by atoms with Gasteiger partial charge < -0.3 is 10.1 Å². The van der Waals surface area contributed by atoms with E-state index in [9.17, 15) is 4.79 Å². The number of carbonyl (C=O) groups excluding carboxylic acids is 1. The quantitative estimate of drug-likeness (QED) is 0.644. The minimum atomic E-state index is -0.212. The van der Waals surface area contributed by atoms with E-state index in [1.54, 1.807) is 13.3 Å². The van der Waals surface area contributed by atoms with E-state index in [2.05, 4.69) is 15.5 Å². The average molecular weight is 374 g/mol. The molecule has 0 bridgehead atoms. The SMILES string of the molecule is COc1ccc(/C=N\N=C2/NC(=O)[C@H](Cc3ccc(Cl)cc3)S2)cc1. The Morgan fingerprint density at radius 2 is 1.92 bits per heavy atom. The number of ether oxygens (including phenoxy) is 1. The van der Waals surface area contributed by atoms with Crippen LogP contribution in [0.25, 0.3) is 0 Å². The second kappa shape index (κ2) is 8.18. The molecule has 0 unspecified atom stereocenters. The first-order chi connectivity index (χ1) is 12.1. The third-order valence-electron chi connectivity index (χ3n) is 3.58. The van der Waals surface area contributed by atoms with Gasteiger partial charge in [0.1, 0.15) is 5.75 Å². The summed E-state index contributed by atoms with van der Waals surface area (Å²) in [6.45, 7) is 0. The van der Waals surface area contributed by atoms with Crippen molar-refractivity contribution >= 4 is 40.7 Å². The normalized spacial score (nSPS) is 18.7. The lowest BCUT2D eigenvalue weighted by Crippen LogP contribution is -2.25. The van der Waals surface area contributed by atoms with Gasteiger partial charge >= 0.3 is 0 Å². The van der Waals surface area contributed by atoms with Gasteiger partial charge in [0, 0.05) is 5.02 Å². The number of rotatable bonds is 5. The van der Waals surface area contributed by atoms with Gasteiger partial charge in [-0.2, -0.15) is 5.10 Å². The molecule has 2 aromatic carbocycles. The Morgan fingerprint density at radius 3 is 2.60 bits per heavy atom. The number of hydrogen-bond acceptors (Lipinski definition) is 5. The van der Waals surface area contributed by atoms with Crippen molar-refractivity contribution < 1.29 is 9.53 Å². The minimum absolute atomic E-state index is 0.0571. The van der Waals surface area contributed by atoms with E-state index < -0.39 is 0 Å². The van der Waals surface area contributed by atoms with Gasteiger partial charge in [0.25, 0.3) is 0 Å². The summed E-state index contributed by atoms with van der Waals surface area (Å²) < 4.78 is 5.10. The van der Waals surface area contributed by atoms with E-state index in [4.69, 9.17) is 16.3 Å². The van der Waals surface area contributed by atoms with Crippen LogP contribution in [0, 0.1) is 0 Å². The molecule has 1 saturated heterocycles. The van der Waals surface area contributed by atoms with Gasteiger partial charge in [-0.1, -0.05) is 35.5 Å². The molecule has 1 amide bonds. The monoisotopic (exact) mass is 373 g/mol. The standard InChI is InChI=1S/C18H16ClN3O2S/c1-24-15-8-4-13(5-9-15)11-20-22-18-21-17(23)16(25-18)10-12-2-6-14(19)7-3-12/h2-9,11,16H,10H2,1H3,(H,21,22,23)/b20-11-/t16-/m0/s1. The van der Waals surface area contributed by atoms with Crippen molar-refractivity contribution in [2.24, 2.45) is 10.2 Å². The summed E-state index contributed by atoms with van der Waals surface area (Å²) in [5.74, 6) is 0.727. The molecule has 5 nitrogen and oxygen atoms in total. The van der Waals surface area contributed by atoms with Gasteiger partial charge in [0.15, 0.2) is 5.17 Å². The van der Waals surface area contributed by atoms with Crippen LogP contribution >= 0.6 is 23.4 Å². The number of amides is 1. The summed E-state index contributed by atoms with van der Waals surface area (Å²) in [7, 11) is 1.62. The fourth-order valence-electron chi connectivity index (χ4n) is 2.26. The Labute approximate surface area is 155 Å². The first-order valence-electron chi connectivity index (χ1n) is 7.61. The molecule has 1 aliphatic heterocycles. The molecule has 1 N–H and O–H groups in total. The number of methoxy groups -OCH3 is 1. The number of carbonyl (C=O) groups is 1. The van der Waals surface area contributed by atoms with Crippen LogP contribution in [0.1, 0.15) is 11.1 Å². The Morgan fingerprint density at radius 1 is 1.20 bits per heavy atom. The molecular formula is C18H16ClN3O2S. The summed E-state index contributed by atoms with van der Waals surface area (Å²) >= 11 is 7.26. The highest BCUT2D eigenvalue weighted by Gasteiger charge is 2.30. The molecule has 1 atom stereocenters. The highest BCUT2D eigenvalue weighted by Crippen LogP contribution is 2.24. The summed E-state index contributed by atoms with van der Waals surface area (Å²) in [4.78, 5) is 12.1. The Kier molecular flexibility index (Phi) is 5.73. The summed E-state index contributed by atoms with van der Waals surface area (Å²) in [6, 6.07) is 15.0. The van der Waals surface area contributed by atoms with Crippen LogP contribution in [0.3, 0.4) is 0 Å². The first kappa shape index (κ1) is 17.5. The maximum absolute atomic E-state index is 12.1. The average Bonchev–Trinajstić information content (AvgIpc) is 2.97. The minimum Gasteiger partial charge on any atom is -0.497 e. The molecule has 0 radical (unpaired) electrons. The lowest BCUT2D eigenvalue weighted by atomic mass is 10.1. The van der Waals surface area contributed by atoms with Crippen LogP contribution in [0.15, 0.2) is 58.7 Å². The van der Waals surface area contributed by atoms with Crippen molar-refractivity contribution in [2.75, 3.05) is 7.11 Å². The van der Waals surface area contributed by atoms with E-state index >= 15 is 0 Å². The smallest absolute Gasteiger partial charge is 0.239 e. The lowest BCUT2D eigenvalue weighted by Gasteiger charge is -2.05. The van der Waals surface area contributed by atoms with Crippen LogP contribution in [0.2, 0.25) is 5.02 Å². The number of amidine groups is 1. The van der Waals surface area contributed by atoms with Crippen LogP contribution < -0.4 is 10.1 Å². The predicted molar refractivity (Wildman–Crippen MR) is 103 cm³/mol. The molecular weight excluding hydrogens is 358 g/mol. The zero-order valence-corrected chi connectivity index (χ0v) is 15.1. The van der Waals surface area contributed by atoms with Gasteiger partial charge in [0.2, 0.25) is 5.91 Å². The number of hydrogen-bond donors (Lipinski definition) is 1. The van der Waals surface area contributed by atoms with Crippen molar-refractivity contribution in [1.82, 2.24) is 5.32 Å². The molecule has 3 rings (SSSR count). The van der Waals surface area contributed by atoms with Gasteiger partial charge in [-0.05, 0) is 53.9 Å². The summed E-state index contributed by atoms with van der Waals surface area (Å²) in [5, 5.41) is 11.9. The molecule has 0 aromatic heterocycles. The molecule has 7 heteroatoms. The molecule has 0 aliphatic carbocycles. The zero-order valence-electron chi connectivity index (χ0n) is 13.5. The number of halogens is 1. The zero-order chi connectivity index (χ0) is 17.6.